The van der Waals surface area contributed by atoms with Crippen LogP contribution in [-0.2, 0) is 7.05 Å². The summed E-state index contributed by atoms with van der Waals surface area (Å²) in [4.78, 5) is 15.9. The second-order valence-electron chi connectivity index (χ2n) is 3.10. The molecule has 0 saturated carbocycles. The molecule has 0 radical (unpaired) electrons. The summed E-state index contributed by atoms with van der Waals surface area (Å²) in [6, 6.07) is 0. The van der Waals surface area contributed by atoms with Gasteiger partial charge in [0.15, 0.2) is 0 Å². The molecule has 0 atom stereocenters. The molecule has 2 heterocycles. The third-order valence-electron chi connectivity index (χ3n) is 2.13. The van der Waals surface area contributed by atoms with Gasteiger partial charge in [0, 0.05) is 7.05 Å². The summed E-state index contributed by atoms with van der Waals surface area (Å²) in [5.41, 5.74) is 3.35. The lowest BCUT2D eigenvalue weighted by Crippen LogP contribution is -2.00. The van der Waals surface area contributed by atoms with Gasteiger partial charge in [0.2, 0.25) is 0 Å². The molecule has 2 aromatic rings. The van der Waals surface area contributed by atoms with Crippen LogP contribution in [-0.4, -0.2) is 25.8 Å². The van der Waals surface area contributed by atoms with Gasteiger partial charge in [0.25, 0.3) is 0 Å². The zero-order valence-corrected chi connectivity index (χ0v) is 9.08. The van der Waals surface area contributed by atoms with E-state index in [4.69, 9.17) is 5.11 Å². The van der Waals surface area contributed by atoms with Crippen molar-refractivity contribution in [2.75, 3.05) is 0 Å². The fourth-order valence-electron chi connectivity index (χ4n) is 1.39. The van der Waals surface area contributed by atoms with Gasteiger partial charge in [-0.1, -0.05) is 0 Å². The highest BCUT2D eigenvalue weighted by molar-refractivity contribution is 7.13. The van der Waals surface area contributed by atoms with Crippen molar-refractivity contribution in [3.05, 3.63) is 23.0 Å². The number of rotatable bonds is 2. The maximum Gasteiger partial charge on any atom is 0.339 e. The van der Waals surface area contributed by atoms with E-state index in [1.165, 1.54) is 17.5 Å². The van der Waals surface area contributed by atoms with Crippen molar-refractivity contribution < 1.29 is 9.90 Å². The molecule has 1 N–H and O–H groups in total. The third-order valence-corrected chi connectivity index (χ3v) is 3.07. The molecule has 0 spiro atoms. The summed E-state index contributed by atoms with van der Waals surface area (Å²) in [6.07, 6.45) is 1.36. The molecule has 6 heteroatoms. The maximum absolute atomic E-state index is 11.0. The van der Waals surface area contributed by atoms with Crippen LogP contribution in [0.5, 0.6) is 0 Å². The standard InChI is InChI=1S/C9H9N3O2S/c1-5-8(15-4-10-5)7-6(9(13)14)3-11-12(7)2/h3-4H,1-2H3,(H,13,14). The quantitative estimate of drug-likeness (QED) is 0.838. The Kier molecular flexibility index (Phi) is 2.28. The Morgan fingerprint density at radius 1 is 1.60 bits per heavy atom. The molecule has 0 aliphatic heterocycles. The van der Waals surface area contributed by atoms with Crippen LogP contribution in [0.25, 0.3) is 10.6 Å². The number of hydrogen-bond acceptors (Lipinski definition) is 4. The molecule has 78 valence electrons. The highest BCUT2D eigenvalue weighted by atomic mass is 32.1. The summed E-state index contributed by atoms with van der Waals surface area (Å²) < 4.78 is 1.56. The first-order valence-electron chi connectivity index (χ1n) is 4.27. The van der Waals surface area contributed by atoms with E-state index in [1.807, 2.05) is 6.92 Å². The second-order valence-corrected chi connectivity index (χ2v) is 3.96. The Bertz CT molecular complexity index is 515. The number of nitrogens with zero attached hydrogens (tertiary/aromatic N) is 3. The molecule has 5 nitrogen and oxygen atoms in total. The van der Waals surface area contributed by atoms with Crippen LogP contribution in [0.15, 0.2) is 11.7 Å². The first-order chi connectivity index (χ1) is 7.11. The van der Waals surface area contributed by atoms with Gasteiger partial charge in [-0.25, -0.2) is 9.78 Å². The average Bonchev–Trinajstić information content (AvgIpc) is 2.71. The van der Waals surface area contributed by atoms with Crippen LogP contribution in [0.1, 0.15) is 16.1 Å². The first-order valence-corrected chi connectivity index (χ1v) is 5.15. The molecule has 15 heavy (non-hydrogen) atoms. The minimum Gasteiger partial charge on any atom is -0.478 e. The summed E-state index contributed by atoms with van der Waals surface area (Å²) in [5.74, 6) is -0.967. The number of aromatic nitrogens is 3. The van der Waals surface area contributed by atoms with E-state index in [2.05, 4.69) is 10.1 Å². The van der Waals surface area contributed by atoms with Crippen LogP contribution >= 0.6 is 11.3 Å². The number of carbonyl (C=O) groups is 1. The minimum absolute atomic E-state index is 0.213. The molecule has 2 aromatic heterocycles. The molecule has 0 aliphatic carbocycles. The Morgan fingerprint density at radius 3 is 2.87 bits per heavy atom. The van der Waals surface area contributed by atoms with Crippen molar-refractivity contribution in [3.63, 3.8) is 0 Å². The third kappa shape index (κ3) is 1.52. The van der Waals surface area contributed by atoms with Gasteiger partial charge in [-0.05, 0) is 6.92 Å². The van der Waals surface area contributed by atoms with Crippen molar-refractivity contribution in [1.29, 1.82) is 0 Å². The molecule has 0 unspecified atom stereocenters. The Balaban J connectivity index is 2.66. The lowest BCUT2D eigenvalue weighted by molar-refractivity contribution is 0.0697. The summed E-state index contributed by atoms with van der Waals surface area (Å²) in [7, 11) is 1.72. The normalized spacial score (nSPS) is 10.5. The van der Waals surface area contributed by atoms with Crippen LogP contribution in [0.4, 0.5) is 0 Å². The Labute approximate surface area is 90.0 Å². The van der Waals surface area contributed by atoms with Crippen molar-refractivity contribution >= 4 is 17.3 Å². The van der Waals surface area contributed by atoms with Crippen LogP contribution in [0, 0.1) is 6.92 Å². The SMILES string of the molecule is Cc1ncsc1-c1c(C(=O)O)cnn1C. The van der Waals surface area contributed by atoms with Crippen molar-refractivity contribution in [3.8, 4) is 10.6 Å². The lowest BCUT2D eigenvalue weighted by Gasteiger charge is -2.01. The van der Waals surface area contributed by atoms with E-state index in [-0.39, 0.29) is 5.56 Å². The summed E-state index contributed by atoms with van der Waals surface area (Å²) >= 11 is 1.42. The molecule has 0 fully saturated rings. The van der Waals surface area contributed by atoms with Crippen molar-refractivity contribution in [2.45, 2.75) is 6.92 Å². The van der Waals surface area contributed by atoms with E-state index in [9.17, 15) is 4.79 Å². The van der Waals surface area contributed by atoms with Gasteiger partial charge >= 0.3 is 5.97 Å². The zero-order valence-electron chi connectivity index (χ0n) is 8.26. The summed E-state index contributed by atoms with van der Waals surface area (Å²) in [5, 5.41) is 12.9. The van der Waals surface area contributed by atoms with E-state index in [0.717, 1.165) is 10.6 Å². The van der Waals surface area contributed by atoms with Gasteiger partial charge in [-0.2, -0.15) is 5.10 Å². The highest BCUT2D eigenvalue weighted by Gasteiger charge is 2.19. The lowest BCUT2D eigenvalue weighted by atomic mass is 10.2. The monoisotopic (exact) mass is 223 g/mol. The van der Waals surface area contributed by atoms with Gasteiger partial charge in [-0.3, -0.25) is 4.68 Å². The molecular weight excluding hydrogens is 214 g/mol. The Morgan fingerprint density at radius 2 is 2.33 bits per heavy atom. The predicted octanol–water partition coefficient (Wildman–Crippen LogP) is 1.55. The van der Waals surface area contributed by atoms with Gasteiger partial charge < -0.3 is 5.11 Å². The molecule has 0 bridgehead atoms. The highest BCUT2D eigenvalue weighted by Crippen LogP contribution is 2.29. The van der Waals surface area contributed by atoms with Gasteiger partial charge in [-0.15, -0.1) is 11.3 Å². The molecular formula is C9H9N3O2S. The smallest absolute Gasteiger partial charge is 0.339 e. The van der Waals surface area contributed by atoms with E-state index in [1.54, 1.807) is 17.2 Å². The largest absolute Gasteiger partial charge is 0.478 e. The van der Waals surface area contributed by atoms with Crippen LogP contribution in [0.3, 0.4) is 0 Å². The maximum atomic E-state index is 11.0. The second kappa shape index (κ2) is 3.47. The van der Waals surface area contributed by atoms with E-state index < -0.39 is 5.97 Å². The fourth-order valence-corrected chi connectivity index (χ4v) is 2.29. The predicted molar refractivity (Wildman–Crippen MR) is 56.0 cm³/mol. The van der Waals surface area contributed by atoms with Crippen LogP contribution < -0.4 is 0 Å². The first kappa shape index (κ1) is 9.85. The molecule has 0 aromatic carbocycles. The number of carboxylic acids is 1. The molecule has 2 rings (SSSR count). The van der Waals surface area contributed by atoms with Gasteiger partial charge in [0.1, 0.15) is 5.56 Å². The number of aromatic carboxylic acids is 1. The number of carboxylic acid groups (broad SMARTS) is 1. The minimum atomic E-state index is -0.967. The topological polar surface area (TPSA) is 68.0 Å². The van der Waals surface area contributed by atoms with Gasteiger partial charge in [0.05, 0.1) is 28.0 Å². The van der Waals surface area contributed by atoms with Crippen molar-refractivity contribution in [2.24, 2.45) is 7.05 Å². The van der Waals surface area contributed by atoms with Crippen LogP contribution in [0.2, 0.25) is 0 Å². The number of hydrogen-bond donors (Lipinski definition) is 1. The van der Waals surface area contributed by atoms with Crippen molar-refractivity contribution in [1.82, 2.24) is 14.8 Å². The number of aryl methyl sites for hydroxylation is 2. The molecule has 0 aliphatic rings. The molecule has 0 amide bonds. The number of thiazole rings is 1. The Hall–Kier alpha value is -1.69. The zero-order chi connectivity index (χ0) is 11.0. The fraction of sp³-hybridized carbons (Fsp3) is 0.222. The average molecular weight is 223 g/mol. The molecule has 0 saturated heterocycles. The van der Waals surface area contributed by atoms with E-state index >= 15 is 0 Å². The van der Waals surface area contributed by atoms with E-state index in [0.29, 0.717) is 5.69 Å². The summed E-state index contributed by atoms with van der Waals surface area (Å²) in [6.45, 7) is 1.85.